The Hall–Kier alpha value is -0.830. The van der Waals surface area contributed by atoms with Crippen LogP contribution in [0.2, 0.25) is 0 Å². The number of unbranched alkanes of at least 4 members (excludes halogenated alkanes) is 31. The molecule has 0 aliphatic carbocycles. The van der Waals surface area contributed by atoms with Crippen molar-refractivity contribution in [3.05, 3.63) is 24.3 Å². The van der Waals surface area contributed by atoms with Gasteiger partial charge in [0.2, 0.25) is 0 Å². The molecule has 0 saturated carbocycles. The van der Waals surface area contributed by atoms with Gasteiger partial charge in [0, 0.05) is 63.2 Å². The predicted octanol–water partition coefficient (Wildman–Crippen LogP) is 18.8. The third kappa shape index (κ3) is 57.2. The molecule has 0 N–H and O–H groups in total. The van der Waals surface area contributed by atoms with Crippen LogP contribution in [0.5, 0.6) is 0 Å². The Bertz CT molecular complexity index is 1180. The van der Waals surface area contributed by atoms with Crippen LogP contribution in [0.1, 0.15) is 277 Å². The lowest BCUT2D eigenvalue weighted by molar-refractivity contribution is -0.144. The van der Waals surface area contributed by atoms with Gasteiger partial charge in [-0.15, -0.1) is 34.8 Å². The molecule has 0 heterocycles. The van der Waals surface area contributed by atoms with Gasteiger partial charge in [0.25, 0.3) is 0 Å². The van der Waals surface area contributed by atoms with Crippen molar-refractivity contribution in [2.75, 3.05) is 89.8 Å². The van der Waals surface area contributed by atoms with Gasteiger partial charge < -0.3 is 24.2 Å². The van der Waals surface area contributed by atoms with E-state index in [4.69, 9.17) is 44.3 Å². The molecule has 0 spiro atoms. The number of carbonyl (C=O) groups excluding carboxylic acids is 2. The molecule has 0 aromatic rings. The summed E-state index contributed by atoms with van der Waals surface area (Å²) in [4.78, 5) is 32.0. The van der Waals surface area contributed by atoms with Crippen molar-refractivity contribution in [3.8, 4) is 0 Å². The fourth-order valence-corrected chi connectivity index (χ4v) is 10.4. The van der Waals surface area contributed by atoms with E-state index >= 15 is 0 Å². The van der Waals surface area contributed by atoms with Gasteiger partial charge in [-0.1, -0.05) is 199 Å². The van der Waals surface area contributed by atoms with Crippen LogP contribution >= 0.6 is 34.8 Å². The maximum absolute atomic E-state index is 12.2. The van der Waals surface area contributed by atoms with Gasteiger partial charge in [0.05, 0.1) is 13.2 Å². The van der Waals surface area contributed by atoms with Crippen molar-refractivity contribution in [1.29, 1.82) is 0 Å². The summed E-state index contributed by atoms with van der Waals surface area (Å²) in [6.07, 6.45) is 58.2. The third-order valence-corrected chi connectivity index (χ3v) is 14.9. The Balaban J connectivity index is 3.60. The van der Waals surface area contributed by atoms with E-state index in [9.17, 15) is 9.59 Å². The Morgan fingerprint density at radius 3 is 0.863 bits per heavy atom. The molecule has 0 aliphatic rings. The van der Waals surface area contributed by atoms with Crippen molar-refractivity contribution in [2.24, 2.45) is 0 Å². The van der Waals surface area contributed by atoms with Crippen LogP contribution in [-0.4, -0.2) is 116 Å². The maximum atomic E-state index is 12.2. The molecule has 0 rings (SSSR count). The number of hydrogen-bond donors (Lipinski definition) is 0. The molecule has 0 atom stereocenters. The molecule has 432 valence electrons. The van der Waals surface area contributed by atoms with Gasteiger partial charge >= 0.3 is 11.9 Å². The number of esters is 2. The van der Waals surface area contributed by atoms with Gasteiger partial charge in [-0.25, -0.2) is 0 Å². The first-order chi connectivity index (χ1) is 36.0. The molecule has 10 heteroatoms. The second-order valence-electron chi connectivity index (χ2n) is 21.3. The zero-order valence-electron chi connectivity index (χ0n) is 48.3. The Morgan fingerprint density at radius 1 is 0.301 bits per heavy atom. The van der Waals surface area contributed by atoms with Crippen molar-refractivity contribution < 1.29 is 19.1 Å². The van der Waals surface area contributed by atoms with Crippen LogP contribution in [0.25, 0.3) is 0 Å². The minimum atomic E-state index is -0.0143. The van der Waals surface area contributed by atoms with E-state index in [0.717, 1.165) is 122 Å². The normalized spacial score (nSPS) is 12.0. The number of ether oxygens (including phenoxy) is 2. The summed E-state index contributed by atoms with van der Waals surface area (Å²) >= 11 is 18.3. The minimum Gasteiger partial charge on any atom is -0.466 e. The first-order valence-corrected chi connectivity index (χ1v) is 33.1. The number of allylic oxidation sites excluding steroid dienone is 2. The average molecular weight is 1090 g/mol. The Labute approximate surface area is 469 Å². The summed E-state index contributed by atoms with van der Waals surface area (Å²) in [5.74, 6) is 2.11. The van der Waals surface area contributed by atoms with Gasteiger partial charge in [0.1, 0.15) is 0 Å². The molecule has 0 aliphatic heterocycles. The second kappa shape index (κ2) is 62.0. The lowest BCUT2D eigenvalue weighted by atomic mass is 10.1. The van der Waals surface area contributed by atoms with E-state index in [1.54, 1.807) is 0 Å². The molecule has 0 aromatic heterocycles. The Morgan fingerprint density at radius 2 is 0.562 bits per heavy atom. The van der Waals surface area contributed by atoms with E-state index < -0.39 is 0 Å². The monoisotopic (exact) mass is 1090 g/mol. The molecule has 0 bridgehead atoms. The smallest absolute Gasteiger partial charge is 0.305 e. The highest BCUT2D eigenvalue weighted by atomic mass is 35.5. The van der Waals surface area contributed by atoms with E-state index in [-0.39, 0.29) is 11.9 Å². The summed E-state index contributed by atoms with van der Waals surface area (Å²) in [5, 5.41) is 0. The van der Waals surface area contributed by atoms with Crippen molar-refractivity contribution in [2.45, 2.75) is 277 Å². The van der Waals surface area contributed by atoms with Crippen molar-refractivity contribution in [1.82, 2.24) is 14.7 Å². The van der Waals surface area contributed by atoms with Crippen LogP contribution in [0.15, 0.2) is 24.3 Å². The van der Waals surface area contributed by atoms with Crippen LogP contribution in [0, 0.1) is 0 Å². The van der Waals surface area contributed by atoms with E-state index in [1.165, 1.54) is 193 Å². The van der Waals surface area contributed by atoms with Gasteiger partial charge in [0.15, 0.2) is 0 Å². The molecule has 0 aromatic carbocycles. The largest absolute Gasteiger partial charge is 0.466 e. The topological polar surface area (TPSA) is 62.3 Å². The maximum Gasteiger partial charge on any atom is 0.305 e. The molecule has 0 unspecified atom stereocenters. The Kier molecular flexibility index (Phi) is 61.3. The van der Waals surface area contributed by atoms with Crippen molar-refractivity contribution in [3.63, 3.8) is 0 Å². The highest BCUT2D eigenvalue weighted by Gasteiger charge is 2.08. The second-order valence-corrected chi connectivity index (χ2v) is 22.4. The third-order valence-electron chi connectivity index (χ3n) is 14.4. The first-order valence-electron chi connectivity index (χ1n) is 31.5. The molecular weight excluding hydrogens is 969 g/mol. The quantitative estimate of drug-likeness (QED) is 0.0260. The number of nitrogens with zero attached hydrogens (tertiary/aromatic N) is 3. The molecule has 0 fully saturated rings. The van der Waals surface area contributed by atoms with Crippen LogP contribution < -0.4 is 0 Å². The van der Waals surface area contributed by atoms with E-state index in [1.807, 2.05) is 0 Å². The van der Waals surface area contributed by atoms with Crippen LogP contribution in [0.3, 0.4) is 0 Å². The zero-order chi connectivity index (χ0) is 53.0. The zero-order valence-corrected chi connectivity index (χ0v) is 50.6. The highest BCUT2D eigenvalue weighted by Crippen LogP contribution is 2.15. The molecule has 73 heavy (non-hydrogen) atoms. The first kappa shape index (κ1) is 72.2. The highest BCUT2D eigenvalue weighted by molar-refractivity contribution is 6.18. The van der Waals surface area contributed by atoms with Gasteiger partial charge in [-0.2, -0.15) is 0 Å². The van der Waals surface area contributed by atoms with Crippen LogP contribution in [-0.2, 0) is 19.1 Å². The number of carbonyl (C=O) groups is 2. The lowest BCUT2D eigenvalue weighted by Crippen LogP contribution is -2.28. The molecule has 0 amide bonds. The van der Waals surface area contributed by atoms with Gasteiger partial charge in [-0.3, -0.25) is 9.59 Å². The lowest BCUT2D eigenvalue weighted by Gasteiger charge is -2.21. The van der Waals surface area contributed by atoms with Gasteiger partial charge in [-0.05, 0) is 116 Å². The molecular formula is C63H120Cl3N3O4. The number of rotatable bonds is 61. The summed E-state index contributed by atoms with van der Waals surface area (Å²) in [5.41, 5.74) is 0. The molecule has 0 saturated heterocycles. The number of hydrogen-bond acceptors (Lipinski definition) is 7. The fourth-order valence-electron chi connectivity index (χ4n) is 9.69. The van der Waals surface area contributed by atoms with E-state index in [2.05, 4.69) is 52.9 Å². The number of alkyl halides is 3. The molecule has 0 radical (unpaired) electrons. The standard InChI is InChI=1S/C63H120Cl3N3O4/c1-3-5-7-9-18-28-38-51-67(57-48-64)53-40-30-20-11-12-24-34-44-60-72-62(70)46-36-26-16-13-21-31-41-54-69(59-50-66)55-42-32-22-14-17-27-37-47-63(71)73-61-45-35-25-15-23-33-43-56-68(58-49-65)52-39-29-19-10-8-6-4-2/h18-19,28-29H,3-17,20-27,30-61H2,1-2H3/b28-18-,29-19-. The predicted molar refractivity (Wildman–Crippen MR) is 322 cm³/mol. The van der Waals surface area contributed by atoms with Crippen molar-refractivity contribution >= 4 is 46.7 Å². The van der Waals surface area contributed by atoms with E-state index in [0.29, 0.717) is 37.8 Å². The van der Waals surface area contributed by atoms with Crippen LogP contribution in [0.4, 0.5) is 0 Å². The number of halogens is 3. The average Bonchev–Trinajstić information content (AvgIpc) is 3.38. The summed E-state index contributed by atoms with van der Waals surface area (Å²) < 4.78 is 11.1. The SMILES string of the molecule is CCCCC/C=C\CCN(CCCl)CCCCCCCCCCOC(=O)CCCCCCCCCN(CCCl)CCCCCCCCCC(=O)OCCCCCCCCCN(CCCl)CC/C=C\CCCCC. The summed E-state index contributed by atoms with van der Waals surface area (Å²) in [6.45, 7) is 15.5. The summed E-state index contributed by atoms with van der Waals surface area (Å²) in [6, 6.07) is 0. The molecule has 7 nitrogen and oxygen atoms in total. The summed E-state index contributed by atoms with van der Waals surface area (Å²) in [7, 11) is 0. The minimum absolute atomic E-state index is 0.0120. The fraction of sp³-hybridized carbons (Fsp3) is 0.905.